The number of aromatic nitrogens is 5. The maximum Gasteiger partial charge on any atom is 0.183 e. The first kappa shape index (κ1) is 9.78. The standard InChI is InChI=1S/C8H13N7/c1-14(4-3-9)7-6-8(11-5-10-7)15(2)13-12-6/h5H,3-4,9H2,1-2H3. The van der Waals surface area contributed by atoms with E-state index < -0.39 is 0 Å². The van der Waals surface area contributed by atoms with Crippen molar-refractivity contribution in [2.75, 3.05) is 25.0 Å². The van der Waals surface area contributed by atoms with Crippen LogP contribution < -0.4 is 10.6 Å². The summed E-state index contributed by atoms with van der Waals surface area (Å²) < 4.78 is 1.62. The lowest BCUT2D eigenvalue weighted by atomic mass is 10.4. The minimum Gasteiger partial charge on any atom is -0.356 e. The van der Waals surface area contributed by atoms with Gasteiger partial charge in [0.15, 0.2) is 17.0 Å². The van der Waals surface area contributed by atoms with Crippen LogP contribution in [0.2, 0.25) is 0 Å². The Labute approximate surface area is 86.9 Å². The van der Waals surface area contributed by atoms with Crippen LogP contribution in [0.1, 0.15) is 0 Å². The van der Waals surface area contributed by atoms with Crippen molar-refractivity contribution < 1.29 is 0 Å². The molecule has 0 spiro atoms. The summed E-state index contributed by atoms with van der Waals surface area (Å²) in [5, 5.41) is 7.93. The Balaban J connectivity index is 2.51. The van der Waals surface area contributed by atoms with Crippen molar-refractivity contribution in [3.05, 3.63) is 6.33 Å². The Bertz CT molecular complexity index is 463. The van der Waals surface area contributed by atoms with Crippen LogP contribution in [0, 0.1) is 0 Å². The average molecular weight is 207 g/mol. The zero-order valence-electron chi connectivity index (χ0n) is 8.75. The van der Waals surface area contributed by atoms with Crippen LogP contribution in [-0.4, -0.2) is 45.1 Å². The first-order valence-electron chi connectivity index (χ1n) is 4.65. The van der Waals surface area contributed by atoms with Gasteiger partial charge in [-0.2, -0.15) is 0 Å². The molecule has 0 aromatic carbocycles. The minimum absolute atomic E-state index is 0.572. The summed E-state index contributed by atoms with van der Waals surface area (Å²) in [4.78, 5) is 10.2. The number of aryl methyl sites for hydroxylation is 1. The topological polar surface area (TPSA) is 85.8 Å². The Morgan fingerprint density at radius 3 is 3.00 bits per heavy atom. The highest BCUT2D eigenvalue weighted by Crippen LogP contribution is 2.17. The van der Waals surface area contributed by atoms with E-state index in [1.807, 2.05) is 11.9 Å². The van der Waals surface area contributed by atoms with E-state index in [0.29, 0.717) is 12.1 Å². The second-order valence-corrected chi connectivity index (χ2v) is 3.29. The van der Waals surface area contributed by atoms with E-state index in [0.717, 1.165) is 18.0 Å². The van der Waals surface area contributed by atoms with E-state index in [2.05, 4.69) is 20.3 Å². The van der Waals surface area contributed by atoms with E-state index in [9.17, 15) is 0 Å². The van der Waals surface area contributed by atoms with Gasteiger partial charge in [-0.05, 0) is 0 Å². The molecule has 0 fully saturated rings. The zero-order chi connectivity index (χ0) is 10.8. The molecule has 0 saturated carbocycles. The Hall–Kier alpha value is -1.76. The summed E-state index contributed by atoms with van der Waals surface area (Å²) >= 11 is 0. The van der Waals surface area contributed by atoms with Gasteiger partial charge in [0.25, 0.3) is 0 Å². The molecular formula is C8H13N7. The van der Waals surface area contributed by atoms with Gasteiger partial charge in [0.2, 0.25) is 0 Å². The normalized spacial score (nSPS) is 10.9. The van der Waals surface area contributed by atoms with Crippen molar-refractivity contribution >= 4 is 17.0 Å². The lowest BCUT2D eigenvalue weighted by Gasteiger charge is -2.16. The van der Waals surface area contributed by atoms with E-state index in [4.69, 9.17) is 5.73 Å². The van der Waals surface area contributed by atoms with Gasteiger partial charge in [-0.15, -0.1) is 5.10 Å². The SMILES string of the molecule is CN(CCN)c1ncnc2c1nnn2C. The first-order valence-corrected chi connectivity index (χ1v) is 4.65. The lowest BCUT2D eigenvalue weighted by Crippen LogP contribution is -2.26. The molecule has 2 heterocycles. The van der Waals surface area contributed by atoms with Crippen LogP contribution >= 0.6 is 0 Å². The summed E-state index contributed by atoms with van der Waals surface area (Å²) in [7, 11) is 3.72. The van der Waals surface area contributed by atoms with Gasteiger partial charge in [0.1, 0.15) is 6.33 Å². The van der Waals surface area contributed by atoms with E-state index in [1.54, 1.807) is 11.7 Å². The van der Waals surface area contributed by atoms with E-state index >= 15 is 0 Å². The number of rotatable bonds is 3. The van der Waals surface area contributed by atoms with Crippen molar-refractivity contribution in [3.63, 3.8) is 0 Å². The summed E-state index contributed by atoms with van der Waals surface area (Å²) in [5.74, 6) is 0.763. The van der Waals surface area contributed by atoms with Crippen LogP contribution in [0.15, 0.2) is 6.33 Å². The molecule has 2 rings (SSSR count). The molecule has 0 atom stereocenters. The monoisotopic (exact) mass is 207 g/mol. The predicted molar refractivity (Wildman–Crippen MR) is 56.4 cm³/mol. The Morgan fingerprint density at radius 1 is 1.47 bits per heavy atom. The third kappa shape index (κ3) is 1.61. The molecule has 7 nitrogen and oxygen atoms in total. The highest BCUT2D eigenvalue weighted by molar-refractivity contribution is 5.82. The van der Waals surface area contributed by atoms with E-state index in [1.165, 1.54) is 6.33 Å². The molecule has 80 valence electrons. The third-order valence-corrected chi connectivity index (χ3v) is 2.20. The van der Waals surface area contributed by atoms with Crippen LogP contribution in [0.4, 0.5) is 5.82 Å². The summed E-state index contributed by atoms with van der Waals surface area (Å²) in [6.07, 6.45) is 1.51. The second-order valence-electron chi connectivity index (χ2n) is 3.29. The largest absolute Gasteiger partial charge is 0.356 e. The predicted octanol–water partition coefficient (Wildman–Crippen LogP) is -0.847. The van der Waals surface area contributed by atoms with Gasteiger partial charge in [-0.25, -0.2) is 14.6 Å². The van der Waals surface area contributed by atoms with Gasteiger partial charge in [0.05, 0.1) is 0 Å². The summed E-state index contributed by atoms with van der Waals surface area (Å²) in [5.41, 5.74) is 6.92. The molecular weight excluding hydrogens is 194 g/mol. The number of nitrogens with zero attached hydrogens (tertiary/aromatic N) is 6. The van der Waals surface area contributed by atoms with Crippen molar-refractivity contribution in [3.8, 4) is 0 Å². The van der Waals surface area contributed by atoms with Crippen LogP contribution in [-0.2, 0) is 7.05 Å². The Morgan fingerprint density at radius 2 is 2.27 bits per heavy atom. The van der Waals surface area contributed by atoms with Crippen LogP contribution in [0.25, 0.3) is 11.2 Å². The molecule has 15 heavy (non-hydrogen) atoms. The van der Waals surface area contributed by atoms with Crippen molar-refractivity contribution in [2.24, 2.45) is 12.8 Å². The number of likely N-dealkylation sites (N-methyl/N-ethyl adjacent to an activating group) is 1. The molecule has 2 aromatic heterocycles. The van der Waals surface area contributed by atoms with Gasteiger partial charge in [0, 0.05) is 27.2 Å². The fourth-order valence-electron chi connectivity index (χ4n) is 1.42. The molecule has 0 aliphatic carbocycles. The molecule has 0 bridgehead atoms. The van der Waals surface area contributed by atoms with Gasteiger partial charge in [-0.1, -0.05) is 5.21 Å². The number of hydrogen-bond acceptors (Lipinski definition) is 6. The fourth-order valence-corrected chi connectivity index (χ4v) is 1.42. The van der Waals surface area contributed by atoms with Crippen LogP contribution in [0.3, 0.4) is 0 Å². The fraction of sp³-hybridized carbons (Fsp3) is 0.500. The molecule has 0 saturated heterocycles. The lowest BCUT2D eigenvalue weighted by molar-refractivity contribution is 0.729. The maximum atomic E-state index is 5.49. The molecule has 0 unspecified atom stereocenters. The minimum atomic E-state index is 0.572. The number of fused-ring (bicyclic) bond motifs is 1. The molecule has 0 amide bonds. The van der Waals surface area contributed by atoms with Crippen molar-refractivity contribution in [1.82, 2.24) is 25.0 Å². The molecule has 0 aliphatic heterocycles. The second kappa shape index (κ2) is 3.77. The molecule has 2 N–H and O–H groups in total. The molecule has 0 radical (unpaired) electrons. The Kier molecular flexibility index (Phi) is 2.46. The van der Waals surface area contributed by atoms with Crippen molar-refractivity contribution in [1.29, 1.82) is 0 Å². The zero-order valence-corrected chi connectivity index (χ0v) is 8.75. The average Bonchev–Trinajstić information content (AvgIpc) is 2.61. The smallest absolute Gasteiger partial charge is 0.183 e. The van der Waals surface area contributed by atoms with E-state index in [-0.39, 0.29) is 0 Å². The molecule has 7 heteroatoms. The molecule has 0 aliphatic rings. The summed E-state index contributed by atoms with van der Waals surface area (Å²) in [6.45, 7) is 1.30. The summed E-state index contributed by atoms with van der Waals surface area (Å²) in [6, 6.07) is 0. The third-order valence-electron chi connectivity index (χ3n) is 2.20. The van der Waals surface area contributed by atoms with Crippen molar-refractivity contribution in [2.45, 2.75) is 0 Å². The van der Waals surface area contributed by atoms with Gasteiger partial charge in [-0.3, -0.25) is 0 Å². The quantitative estimate of drug-likeness (QED) is 0.705. The maximum absolute atomic E-state index is 5.49. The van der Waals surface area contributed by atoms with Gasteiger partial charge < -0.3 is 10.6 Å². The first-order chi connectivity index (χ1) is 7.24. The highest BCUT2D eigenvalue weighted by atomic mass is 15.4. The molecule has 2 aromatic rings. The van der Waals surface area contributed by atoms with Crippen LogP contribution in [0.5, 0.6) is 0 Å². The highest BCUT2D eigenvalue weighted by Gasteiger charge is 2.12. The number of nitrogens with two attached hydrogens (primary N) is 1. The number of hydrogen-bond donors (Lipinski definition) is 1. The van der Waals surface area contributed by atoms with Gasteiger partial charge >= 0.3 is 0 Å². The number of anilines is 1.